The summed E-state index contributed by atoms with van der Waals surface area (Å²) >= 11 is 4.41. The van der Waals surface area contributed by atoms with Crippen LogP contribution >= 0.6 is 34.4 Å². The highest BCUT2D eigenvalue weighted by Gasteiger charge is 2.25. The molecule has 0 amide bonds. The number of hydrogen-bond donors (Lipinski definition) is 0. The van der Waals surface area contributed by atoms with Crippen LogP contribution < -0.4 is 10.4 Å². The molecule has 0 spiro atoms. The van der Waals surface area contributed by atoms with E-state index in [-0.39, 0.29) is 10.4 Å². The van der Waals surface area contributed by atoms with Gasteiger partial charge in [0.1, 0.15) is 10.6 Å². The van der Waals surface area contributed by atoms with Crippen molar-refractivity contribution in [3.8, 4) is 0 Å². The molecule has 0 bridgehead atoms. The highest BCUT2D eigenvalue weighted by atomic mass is 32.2. The Bertz CT molecular complexity index is 1340. The van der Waals surface area contributed by atoms with E-state index < -0.39 is 0 Å². The average Bonchev–Trinajstić information content (AvgIpc) is 3.45. The third-order valence-electron chi connectivity index (χ3n) is 5.80. The molecule has 0 radical (unpaired) electrons. The van der Waals surface area contributed by atoms with Crippen molar-refractivity contribution in [1.82, 2.24) is 14.1 Å². The number of fused-ring (bicyclic) bond motifs is 3. The summed E-state index contributed by atoms with van der Waals surface area (Å²) in [6.45, 7) is 5.16. The molecule has 0 saturated heterocycles. The molecular weight excluding hydrogens is 450 g/mol. The number of rotatable bonds is 6. The van der Waals surface area contributed by atoms with Gasteiger partial charge in [-0.1, -0.05) is 30.0 Å². The lowest BCUT2D eigenvalue weighted by Crippen LogP contribution is -2.25. The third-order valence-corrected chi connectivity index (χ3v) is 8.78. The minimum Gasteiger partial charge on any atom is -0.467 e. The zero-order valence-corrected chi connectivity index (χ0v) is 19.9. The molecule has 0 saturated carbocycles. The van der Waals surface area contributed by atoms with Crippen molar-refractivity contribution in [2.45, 2.75) is 51.4 Å². The second kappa shape index (κ2) is 8.44. The summed E-state index contributed by atoms with van der Waals surface area (Å²) in [5, 5.41) is 3.34. The standard InChI is InChI=1S/C22H23N3O3S3/c1-13-5-6-16-17(10-13)31-19-18(16)20(26)25(11-15-4-3-8-28-15)21(23-19)29-9-7-24-14(2)12-30-22(24)27/h3-4,8,12-13H,5-7,9-11H2,1-2H3. The molecular formula is C22H23N3O3S3. The van der Waals surface area contributed by atoms with Crippen molar-refractivity contribution in [3.05, 3.63) is 65.7 Å². The van der Waals surface area contributed by atoms with E-state index in [0.29, 0.717) is 29.9 Å². The minimum atomic E-state index is 0.0137. The van der Waals surface area contributed by atoms with E-state index in [1.165, 1.54) is 33.5 Å². The number of thiazole rings is 1. The second-order valence-electron chi connectivity index (χ2n) is 8.04. The normalized spacial score (nSPS) is 16.1. The first-order valence-corrected chi connectivity index (χ1v) is 13.0. The molecule has 1 atom stereocenters. The van der Waals surface area contributed by atoms with Gasteiger partial charge in [0, 0.05) is 28.2 Å². The number of aromatic nitrogens is 3. The maximum atomic E-state index is 13.6. The molecule has 162 valence electrons. The van der Waals surface area contributed by atoms with E-state index in [4.69, 9.17) is 9.40 Å². The molecule has 0 fully saturated rings. The lowest BCUT2D eigenvalue weighted by atomic mass is 9.89. The second-order valence-corrected chi connectivity index (χ2v) is 11.0. The maximum Gasteiger partial charge on any atom is 0.307 e. The van der Waals surface area contributed by atoms with Crippen molar-refractivity contribution in [2.24, 2.45) is 5.92 Å². The first kappa shape index (κ1) is 20.8. The fourth-order valence-corrected chi connectivity index (χ4v) is 7.22. The lowest BCUT2D eigenvalue weighted by Gasteiger charge is -2.17. The van der Waals surface area contributed by atoms with Crippen LogP contribution in [0.5, 0.6) is 0 Å². The van der Waals surface area contributed by atoms with Crippen LogP contribution in [-0.2, 0) is 25.9 Å². The van der Waals surface area contributed by atoms with E-state index in [0.717, 1.165) is 40.9 Å². The Hall–Kier alpha value is -2.10. The molecule has 6 nitrogen and oxygen atoms in total. The third kappa shape index (κ3) is 3.94. The predicted octanol–water partition coefficient (Wildman–Crippen LogP) is 4.55. The maximum absolute atomic E-state index is 13.6. The van der Waals surface area contributed by atoms with Crippen LogP contribution in [0.1, 0.15) is 35.2 Å². The SMILES string of the molecule is Cc1csc(=O)n1CCSc1nc2sc3c(c2c(=O)n1Cc1ccco1)CCC(C)C3. The Kier molecular flexibility index (Phi) is 5.66. The predicted molar refractivity (Wildman–Crippen MR) is 127 cm³/mol. The van der Waals surface area contributed by atoms with Gasteiger partial charge in [-0.15, -0.1) is 11.3 Å². The van der Waals surface area contributed by atoms with Gasteiger partial charge in [-0.2, -0.15) is 0 Å². The van der Waals surface area contributed by atoms with Crippen molar-refractivity contribution in [1.29, 1.82) is 0 Å². The van der Waals surface area contributed by atoms with Crippen LogP contribution in [0.25, 0.3) is 10.2 Å². The van der Waals surface area contributed by atoms with Crippen LogP contribution in [0.4, 0.5) is 0 Å². The highest BCUT2D eigenvalue weighted by molar-refractivity contribution is 7.99. The Morgan fingerprint density at radius 3 is 2.94 bits per heavy atom. The fraction of sp³-hybridized carbons (Fsp3) is 0.409. The highest BCUT2D eigenvalue weighted by Crippen LogP contribution is 2.36. The number of thiophene rings is 1. The molecule has 4 aromatic heterocycles. The van der Waals surface area contributed by atoms with Gasteiger partial charge in [0.2, 0.25) is 0 Å². The van der Waals surface area contributed by atoms with Gasteiger partial charge in [-0.25, -0.2) is 4.98 Å². The van der Waals surface area contributed by atoms with Crippen LogP contribution in [0.3, 0.4) is 0 Å². The van der Waals surface area contributed by atoms with Gasteiger partial charge in [0.15, 0.2) is 5.16 Å². The van der Waals surface area contributed by atoms with E-state index in [2.05, 4.69) is 6.92 Å². The van der Waals surface area contributed by atoms with E-state index in [1.807, 2.05) is 24.4 Å². The van der Waals surface area contributed by atoms with Crippen LogP contribution in [0, 0.1) is 12.8 Å². The minimum absolute atomic E-state index is 0.0137. The molecule has 1 aliphatic carbocycles. The summed E-state index contributed by atoms with van der Waals surface area (Å²) in [6.07, 6.45) is 4.71. The molecule has 1 aliphatic rings. The molecule has 9 heteroatoms. The lowest BCUT2D eigenvalue weighted by molar-refractivity contribution is 0.476. The Morgan fingerprint density at radius 2 is 2.19 bits per heavy atom. The summed E-state index contributed by atoms with van der Waals surface area (Å²) in [5.41, 5.74) is 2.17. The monoisotopic (exact) mass is 473 g/mol. The molecule has 0 aliphatic heterocycles. The number of thioether (sulfide) groups is 1. The van der Waals surface area contributed by atoms with Crippen LogP contribution in [-0.4, -0.2) is 19.9 Å². The van der Waals surface area contributed by atoms with Gasteiger partial charge in [0.25, 0.3) is 5.56 Å². The molecule has 4 heterocycles. The topological polar surface area (TPSA) is 70.0 Å². The zero-order chi connectivity index (χ0) is 21.5. The van der Waals surface area contributed by atoms with Crippen molar-refractivity contribution in [3.63, 3.8) is 0 Å². The first-order valence-electron chi connectivity index (χ1n) is 10.4. The van der Waals surface area contributed by atoms with Gasteiger partial charge in [0.05, 0.1) is 18.2 Å². The number of aryl methyl sites for hydroxylation is 2. The van der Waals surface area contributed by atoms with Crippen molar-refractivity contribution in [2.75, 3.05) is 5.75 Å². The first-order chi connectivity index (χ1) is 15.0. The van der Waals surface area contributed by atoms with Crippen molar-refractivity contribution < 1.29 is 4.42 Å². The van der Waals surface area contributed by atoms with Crippen molar-refractivity contribution >= 4 is 44.7 Å². The van der Waals surface area contributed by atoms with E-state index in [9.17, 15) is 9.59 Å². The molecule has 0 aromatic carbocycles. The van der Waals surface area contributed by atoms with Gasteiger partial charge in [-0.3, -0.25) is 14.2 Å². The van der Waals surface area contributed by atoms with Crippen LogP contribution in [0.15, 0.2) is 42.9 Å². The molecule has 5 rings (SSSR count). The van der Waals surface area contributed by atoms with E-state index in [1.54, 1.807) is 26.7 Å². The zero-order valence-electron chi connectivity index (χ0n) is 17.4. The molecule has 31 heavy (non-hydrogen) atoms. The molecule has 4 aromatic rings. The number of hydrogen-bond acceptors (Lipinski definition) is 7. The van der Waals surface area contributed by atoms with Gasteiger partial charge < -0.3 is 8.98 Å². The van der Waals surface area contributed by atoms with Crippen LogP contribution in [0.2, 0.25) is 0 Å². The summed E-state index contributed by atoms with van der Waals surface area (Å²) in [5.74, 6) is 2.04. The number of furan rings is 1. The van der Waals surface area contributed by atoms with Gasteiger partial charge >= 0.3 is 4.87 Å². The Labute approximate surface area is 191 Å². The Balaban J connectivity index is 1.53. The molecule has 1 unspecified atom stereocenters. The summed E-state index contributed by atoms with van der Waals surface area (Å²) in [6, 6.07) is 3.71. The van der Waals surface area contributed by atoms with Gasteiger partial charge in [-0.05, 0) is 49.8 Å². The average molecular weight is 474 g/mol. The summed E-state index contributed by atoms with van der Waals surface area (Å²) < 4.78 is 9.03. The summed E-state index contributed by atoms with van der Waals surface area (Å²) in [7, 11) is 0. The molecule has 0 N–H and O–H groups in total. The van der Waals surface area contributed by atoms with E-state index >= 15 is 0 Å². The number of nitrogens with zero attached hydrogens (tertiary/aromatic N) is 3. The smallest absolute Gasteiger partial charge is 0.307 e. The summed E-state index contributed by atoms with van der Waals surface area (Å²) in [4.78, 5) is 32.8. The largest absolute Gasteiger partial charge is 0.467 e. The Morgan fingerprint density at radius 1 is 1.32 bits per heavy atom. The fourth-order valence-electron chi connectivity index (χ4n) is 4.12. The quantitative estimate of drug-likeness (QED) is 0.304.